The van der Waals surface area contributed by atoms with Crippen LogP contribution in [0.5, 0.6) is 0 Å². The number of hydrogen-bond acceptors (Lipinski definition) is 4. The summed E-state index contributed by atoms with van der Waals surface area (Å²) in [5.74, 6) is 1.02. The molecular formula is C45H29N3O. The minimum atomic E-state index is 0.000932. The Kier molecular flexibility index (Phi) is 6.09. The molecule has 230 valence electrons. The lowest BCUT2D eigenvalue weighted by atomic mass is 10.0. The summed E-state index contributed by atoms with van der Waals surface area (Å²) in [5, 5.41) is 0.776. The topological polar surface area (TPSA) is 51.8 Å². The summed E-state index contributed by atoms with van der Waals surface area (Å²) in [5.41, 5.74) is 7.80. The maximum atomic E-state index is 9.17. The molecule has 9 rings (SSSR count). The van der Waals surface area contributed by atoms with E-state index < -0.39 is 0 Å². The third-order valence-electron chi connectivity index (χ3n) is 8.63. The molecule has 0 aliphatic heterocycles. The Balaban J connectivity index is 1.29. The smallest absolute Gasteiger partial charge is 0.167 e. The maximum absolute atomic E-state index is 9.17. The highest BCUT2D eigenvalue weighted by atomic mass is 16.3. The molecule has 0 bridgehead atoms. The van der Waals surface area contributed by atoms with Crippen LogP contribution in [0, 0.1) is 0 Å². The number of para-hydroxylation sites is 2. The second kappa shape index (κ2) is 12.2. The molecule has 2 aromatic heterocycles. The SMILES string of the molecule is [2H]c1cc([2H])c2c(oc3c(-c4nc(-c5ccc(-c6ccccc6)cc5)nc(-c5cccc(-c6ccccc6)c5)n4)c([2H])cc([2H])c32)c1-c1ccccc1. The minimum absolute atomic E-state index is 0.000932. The van der Waals surface area contributed by atoms with Crippen molar-refractivity contribution in [2.24, 2.45) is 0 Å². The van der Waals surface area contributed by atoms with E-state index in [4.69, 9.17) is 23.5 Å². The quantitative estimate of drug-likeness (QED) is 0.183. The average Bonchev–Trinajstić information content (AvgIpc) is 3.60. The number of fused-ring (bicyclic) bond motifs is 3. The van der Waals surface area contributed by atoms with Crippen LogP contribution in [0.3, 0.4) is 0 Å². The van der Waals surface area contributed by atoms with Crippen molar-refractivity contribution in [2.45, 2.75) is 0 Å². The molecule has 0 atom stereocenters. The van der Waals surface area contributed by atoms with Crippen LogP contribution >= 0.6 is 0 Å². The zero-order valence-corrected chi connectivity index (χ0v) is 26.2. The summed E-state index contributed by atoms with van der Waals surface area (Å²) in [7, 11) is 0. The normalized spacial score (nSPS) is 12.4. The van der Waals surface area contributed by atoms with Crippen LogP contribution in [-0.4, -0.2) is 15.0 Å². The summed E-state index contributed by atoms with van der Waals surface area (Å²) in [6, 6.07) is 48.8. The Morgan fingerprint density at radius 2 is 0.796 bits per heavy atom. The Morgan fingerprint density at radius 1 is 0.347 bits per heavy atom. The molecule has 2 heterocycles. The first-order valence-corrected chi connectivity index (χ1v) is 16.0. The molecule has 0 N–H and O–H groups in total. The fourth-order valence-electron chi connectivity index (χ4n) is 6.19. The van der Waals surface area contributed by atoms with Gasteiger partial charge in [0.15, 0.2) is 17.5 Å². The summed E-state index contributed by atoms with van der Waals surface area (Å²) in [6.45, 7) is 0. The van der Waals surface area contributed by atoms with Crippen LogP contribution in [0.1, 0.15) is 5.48 Å². The van der Waals surface area contributed by atoms with Crippen LogP contribution in [0.25, 0.3) is 89.5 Å². The van der Waals surface area contributed by atoms with Gasteiger partial charge in [0.05, 0.1) is 11.0 Å². The van der Waals surface area contributed by atoms with Gasteiger partial charge in [0.1, 0.15) is 11.2 Å². The first-order chi connectivity index (χ1) is 25.9. The summed E-state index contributed by atoms with van der Waals surface area (Å²) < 4.78 is 42.5. The highest BCUT2D eigenvalue weighted by Crippen LogP contribution is 2.40. The molecule has 4 nitrogen and oxygen atoms in total. The van der Waals surface area contributed by atoms with Crippen LogP contribution in [0.4, 0.5) is 0 Å². The summed E-state index contributed by atoms with van der Waals surface area (Å²) >= 11 is 0. The van der Waals surface area contributed by atoms with E-state index in [0.717, 1.165) is 38.9 Å². The van der Waals surface area contributed by atoms with Crippen molar-refractivity contribution >= 4 is 21.9 Å². The second-order valence-corrected chi connectivity index (χ2v) is 11.7. The highest BCUT2D eigenvalue weighted by molar-refractivity contribution is 6.12. The molecule has 0 amide bonds. The number of rotatable bonds is 6. The highest BCUT2D eigenvalue weighted by Gasteiger charge is 2.19. The van der Waals surface area contributed by atoms with E-state index in [9.17, 15) is 1.37 Å². The predicted molar refractivity (Wildman–Crippen MR) is 200 cm³/mol. The third-order valence-corrected chi connectivity index (χ3v) is 8.63. The number of benzene rings is 7. The molecule has 0 unspecified atom stereocenters. The predicted octanol–water partition coefficient (Wildman–Crippen LogP) is 11.8. The van der Waals surface area contributed by atoms with Crippen molar-refractivity contribution < 1.29 is 9.90 Å². The van der Waals surface area contributed by atoms with Gasteiger partial charge in [0.25, 0.3) is 0 Å². The molecule has 0 saturated heterocycles. The van der Waals surface area contributed by atoms with Crippen LogP contribution in [0.15, 0.2) is 180 Å². The van der Waals surface area contributed by atoms with E-state index in [2.05, 4.69) is 24.3 Å². The third kappa shape index (κ3) is 5.35. The summed E-state index contributed by atoms with van der Waals surface area (Å²) in [4.78, 5) is 14.9. The number of furan rings is 1. The standard InChI is InChI=1S/C45H29N3O/c1-4-13-30(14-5-1)32-25-27-34(28-26-32)43-46-44(36-20-10-19-35(29-36)31-15-6-2-7-16-31)48-45(47-43)40-24-12-23-39-38-22-11-21-37(41(38)49-42(39)40)33-17-8-3-9-18-33/h1-29H/i21D,22D,23D,24D. The van der Waals surface area contributed by atoms with E-state index >= 15 is 0 Å². The zero-order valence-electron chi connectivity index (χ0n) is 30.2. The van der Waals surface area contributed by atoms with Crippen molar-refractivity contribution in [3.8, 4) is 67.5 Å². The van der Waals surface area contributed by atoms with Gasteiger partial charge in [0, 0.05) is 27.5 Å². The number of hydrogen-bond donors (Lipinski definition) is 0. The fourth-order valence-corrected chi connectivity index (χ4v) is 6.19. The lowest BCUT2D eigenvalue weighted by molar-refractivity contribution is 0.670. The van der Waals surface area contributed by atoms with Crippen molar-refractivity contribution in [3.63, 3.8) is 0 Å². The maximum Gasteiger partial charge on any atom is 0.167 e. The van der Waals surface area contributed by atoms with Gasteiger partial charge in [-0.25, -0.2) is 15.0 Å². The second-order valence-electron chi connectivity index (χ2n) is 11.7. The monoisotopic (exact) mass is 631 g/mol. The molecule has 7 aromatic carbocycles. The largest absolute Gasteiger partial charge is 0.455 e. The van der Waals surface area contributed by atoms with Gasteiger partial charge in [-0.15, -0.1) is 0 Å². The minimum Gasteiger partial charge on any atom is -0.455 e. The van der Waals surface area contributed by atoms with Crippen molar-refractivity contribution in [1.82, 2.24) is 15.0 Å². The lowest BCUT2D eigenvalue weighted by Crippen LogP contribution is -2.00. The average molecular weight is 632 g/mol. The van der Waals surface area contributed by atoms with Crippen molar-refractivity contribution in [3.05, 3.63) is 176 Å². The van der Waals surface area contributed by atoms with E-state index in [1.54, 1.807) is 0 Å². The molecule has 0 aliphatic carbocycles. The van der Waals surface area contributed by atoms with Gasteiger partial charge in [-0.2, -0.15) is 0 Å². The van der Waals surface area contributed by atoms with Gasteiger partial charge in [-0.3, -0.25) is 0 Å². The zero-order chi connectivity index (χ0) is 36.1. The van der Waals surface area contributed by atoms with Crippen molar-refractivity contribution in [1.29, 1.82) is 0 Å². The Morgan fingerprint density at radius 3 is 1.45 bits per heavy atom. The molecule has 0 saturated carbocycles. The number of nitrogens with zero attached hydrogens (tertiary/aromatic N) is 3. The van der Waals surface area contributed by atoms with Crippen LogP contribution in [-0.2, 0) is 0 Å². The summed E-state index contributed by atoms with van der Waals surface area (Å²) in [6.07, 6.45) is 0. The van der Waals surface area contributed by atoms with Gasteiger partial charge in [0.2, 0.25) is 0 Å². The molecule has 0 fully saturated rings. The first-order valence-electron chi connectivity index (χ1n) is 18.0. The number of aromatic nitrogens is 3. The van der Waals surface area contributed by atoms with E-state index in [1.165, 1.54) is 12.1 Å². The Labute approximate surface area is 289 Å². The molecule has 0 radical (unpaired) electrons. The Bertz CT molecular complexity index is 2810. The fraction of sp³-hybridized carbons (Fsp3) is 0. The van der Waals surface area contributed by atoms with Crippen LogP contribution < -0.4 is 0 Å². The van der Waals surface area contributed by atoms with Crippen molar-refractivity contribution in [2.75, 3.05) is 0 Å². The molecule has 49 heavy (non-hydrogen) atoms. The van der Waals surface area contributed by atoms with Gasteiger partial charge >= 0.3 is 0 Å². The van der Waals surface area contributed by atoms with E-state index in [1.807, 2.05) is 115 Å². The molecule has 4 heteroatoms. The van der Waals surface area contributed by atoms with E-state index in [0.29, 0.717) is 33.6 Å². The Hall–Kier alpha value is -6.65. The molecule has 9 aromatic rings. The van der Waals surface area contributed by atoms with Gasteiger partial charge in [-0.05, 0) is 39.9 Å². The first kappa shape index (κ1) is 24.5. The molecule has 0 aliphatic rings. The lowest BCUT2D eigenvalue weighted by Gasteiger charge is -2.10. The van der Waals surface area contributed by atoms with Crippen LogP contribution in [0.2, 0.25) is 0 Å². The molecule has 0 spiro atoms. The van der Waals surface area contributed by atoms with Gasteiger partial charge < -0.3 is 4.42 Å². The van der Waals surface area contributed by atoms with E-state index in [-0.39, 0.29) is 41.1 Å². The van der Waals surface area contributed by atoms with Gasteiger partial charge in [-0.1, -0.05) is 164 Å². The molecular weight excluding hydrogens is 599 g/mol.